The first kappa shape index (κ1) is 21.8. The van der Waals surface area contributed by atoms with Crippen LogP contribution < -0.4 is 15.4 Å². The average Bonchev–Trinajstić information content (AvgIpc) is 2.71. The van der Waals surface area contributed by atoms with Crippen molar-refractivity contribution in [3.8, 4) is 16.9 Å². The molecule has 0 heterocycles. The lowest BCUT2D eigenvalue weighted by Gasteiger charge is -2.13. The first-order valence-corrected chi connectivity index (χ1v) is 8.91. The van der Waals surface area contributed by atoms with Gasteiger partial charge in [-0.1, -0.05) is 6.07 Å². The van der Waals surface area contributed by atoms with E-state index in [4.69, 9.17) is 4.74 Å². The minimum Gasteiger partial charge on any atom is -0.497 e. The van der Waals surface area contributed by atoms with Crippen LogP contribution in [0.2, 0.25) is 0 Å². The Kier molecular flexibility index (Phi) is 6.24. The summed E-state index contributed by atoms with van der Waals surface area (Å²) in [6.45, 7) is 1.14. The van der Waals surface area contributed by atoms with Gasteiger partial charge in [0.2, 0.25) is 5.91 Å². The minimum absolute atomic E-state index is 0.0974. The summed E-state index contributed by atoms with van der Waals surface area (Å²) in [4.78, 5) is 23.8. The Morgan fingerprint density at radius 1 is 0.774 bits per heavy atom. The van der Waals surface area contributed by atoms with Crippen molar-refractivity contribution in [1.82, 2.24) is 0 Å². The van der Waals surface area contributed by atoms with E-state index in [-0.39, 0.29) is 22.5 Å². The minimum atomic E-state index is -1.27. The highest BCUT2D eigenvalue weighted by Crippen LogP contribution is 2.29. The Balaban J connectivity index is 1.90. The number of methoxy groups -OCH3 is 1. The van der Waals surface area contributed by atoms with Crippen molar-refractivity contribution in [2.75, 3.05) is 17.7 Å². The number of amides is 2. The van der Waals surface area contributed by atoms with Crippen LogP contribution in [0, 0.1) is 23.3 Å². The highest BCUT2D eigenvalue weighted by atomic mass is 19.2. The van der Waals surface area contributed by atoms with Gasteiger partial charge in [0.05, 0.1) is 24.0 Å². The maximum Gasteiger partial charge on any atom is 0.258 e. The van der Waals surface area contributed by atoms with Gasteiger partial charge in [0.1, 0.15) is 17.4 Å². The molecular formula is C22H16F4N2O3. The van der Waals surface area contributed by atoms with Gasteiger partial charge >= 0.3 is 0 Å². The van der Waals surface area contributed by atoms with Crippen molar-refractivity contribution < 1.29 is 31.9 Å². The van der Waals surface area contributed by atoms with E-state index in [1.807, 2.05) is 0 Å². The van der Waals surface area contributed by atoms with E-state index in [0.29, 0.717) is 17.9 Å². The summed E-state index contributed by atoms with van der Waals surface area (Å²) in [5.74, 6) is -5.38. The zero-order valence-electron chi connectivity index (χ0n) is 16.4. The van der Waals surface area contributed by atoms with Crippen LogP contribution >= 0.6 is 0 Å². The van der Waals surface area contributed by atoms with Crippen LogP contribution in [0.15, 0.2) is 48.5 Å². The number of halogens is 4. The van der Waals surface area contributed by atoms with Crippen molar-refractivity contribution in [2.24, 2.45) is 0 Å². The molecule has 0 bridgehead atoms. The molecule has 0 aliphatic carbocycles. The number of ether oxygens (including phenoxy) is 1. The van der Waals surface area contributed by atoms with E-state index in [2.05, 4.69) is 10.6 Å². The molecule has 0 saturated heterocycles. The zero-order chi connectivity index (χ0) is 22.7. The van der Waals surface area contributed by atoms with Crippen LogP contribution in [0.1, 0.15) is 17.3 Å². The molecule has 3 aromatic carbocycles. The molecule has 2 amide bonds. The summed E-state index contributed by atoms with van der Waals surface area (Å²) in [6, 6.07) is 8.84. The third-order valence-electron chi connectivity index (χ3n) is 4.32. The van der Waals surface area contributed by atoms with Gasteiger partial charge in [-0.2, -0.15) is 0 Å². The first-order chi connectivity index (χ1) is 14.7. The quantitative estimate of drug-likeness (QED) is 0.550. The SMILES string of the molecule is COc1ccc(-c2ccc(C(=O)Nc3cc(F)c(F)cc3NC(C)=O)c(F)c2)c(F)c1. The van der Waals surface area contributed by atoms with Gasteiger partial charge in [0, 0.05) is 30.7 Å². The normalized spacial score (nSPS) is 10.5. The van der Waals surface area contributed by atoms with Crippen LogP contribution in [-0.2, 0) is 4.79 Å². The average molecular weight is 432 g/mol. The molecule has 3 aromatic rings. The van der Waals surface area contributed by atoms with E-state index >= 15 is 0 Å². The van der Waals surface area contributed by atoms with Crippen LogP contribution in [-0.4, -0.2) is 18.9 Å². The van der Waals surface area contributed by atoms with Gasteiger partial charge in [0.15, 0.2) is 11.6 Å². The topological polar surface area (TPSA) is 67.4 Å². The summed E-state index contributed by atoms with van der Waals surface area (Å²) in [7, 11) is 1.38. The fourth-order valence-electron chi connectivity index (χ4n) is 2.86. The molecule has 0 aliphatic heterocycles. The van der Waals surface area contributed by atoms with Gasteiger partial charge in [-0.05, 0) is 29.8 Å². The van der Waals surface area contributed by atoms with Crippen LogP contribution in [0.3, 0.4) is 0 Å². The maximum atomic E-state index is 14.6. The Hall–Kier alpha value is -3.88. The fourth-order valence-corrected chi connectivity index (χ4v) is 2.86. The Labute approximate surface area is 174 Å². The molecule has 3 rings (SSSR count). The van der Waals surface area contributed by atoms with Crippen LogP contribution in [0.4, 0.5) is 28.9 Å². The molecule has 0 radical (unpaired) electrons. The summed E-state index contributed by atoms with van der Waals surface area (Å²) in [6.07, 6.45) is 0. The number of carbonyl (C=O) groups is 2. The van der Waals surface area contributed by atoms with Crippen LogP contribution in [0.25, 0.3) is 11.1 Å². The second-order valence-electron chi connectivity index (χ2n) is 6.49. The molecular weight excluding hydrogens is 416 g/mol. The van der Waals surface area contributed by atoms with Crippen molar-refractivity contribution >= 4 is 23.2 Å². The van der Waals surface area contributed by atoms with E-state index < -0.39 is 40.6 Å². The number of hydrogen-bond donors (Lipinski definition) is 2. The maximum absolute atomic E-state index is 14.6. The van der Waals surface area contributed by atoms with Crippen molar-refractivity contribution in [3.63, 3.8) is 0 Å². The Morgan fingerprint density at radius 3 is 1.97 bits per heavy atom. The number of rotatable bonds is 5. The van der Waals surface area contributed by atoms with E-state index in [0.717, 1.165) is 25.1 Å². The molecule has 0 spiro atoms. The summed E-state index contributed by atoms with van der Waals surface area (Å²) >= 11 is 0. The zero-order valence-corrected chi connectivity index (χ0v) is 16.4. The largest absolute Gasteiger partial charge is 0.497 e. The molecule has 0 unspecified atom stereocenters. The third-order valence-corrected chi connectivity index (χ3v) is 4.32. The second kappa shape index (κ2) is 8.86. The summed E-state index contributed by atoms with van der Waals surface area (Å²) < 4.78 is 60.9. The molecule has 0 aliphatic rings. The lowest BCUT2D eigenvalue weighted by molar-refractivity contribution is -0.114. The number of benzene rings is 3. The fraction of sp³-hybridized carbons (Fsp3) is 0.0909. The van der Waals surface area contributed by atoms with Gasteiger partial charge in [-0.3, -0.25) is 9.59 Å². The number of nitrogens with one attached hydrogen (secondary N) is 2. The molecule has 5 nitrogen and oxygen atoms in total. The number of anilines is 2. The molecule has 31 heavy (non-hydrogen) atoms. The number of carbonyl (C=O) groups excluding carboxylic acids is 2. The monoisotopic (exact) mass is 432 g/mol. The molecule has 2 N–H and O–H groups in total. The summed E-state index contributed by atoms with van der Waals surface area (Å²) in [5.41, 5.74) is -0.599. The van der Waals surface area contributed by atoms with Crippen molar-refractivity contribution in [2.45, 2.75) is 6.92 Å². The van der Waals surface area contributed by atoms with Crippen molar-refractivity contribution in [3.05, 3.63) is 77.4 Å². The predicted molar refractivity (Wildman–Crippen MR) is 107 cm³/mol. The third kappa shape index (κ3) is 4.82. The van der Waals surface area contributed by atoms with E-state index in [1.54, 1.807) is 0 Å². The van der Waals surface area contributed by atoms with Crippen molar-refractivity contribution in [1.29, 1.82) is 0 Å². The van der Waals surface area contributed by atoms with Gasteiger partial charge in [-0.15, -0.1) is 0 Å². The van der Waals surface area contributed by atoms with Gasteiger partial charge in [-0.25, -0.2) is 17.6 Å². The number of hydrogen-bond acceptors (Lipinski definition) is 3. The molecule has 0 saturated carbocycles. The lowest BCUT2D eigenvalue weighted by Crippen LogP contribution is -2.17. The molecule has 9 heteroatoms. The molecule has 160 valence electrons. The predicted octanol–water partition coefficient (Wildman–Crippen LogP) is 5.13. The molecule has 0 aromatic heterocycles. The highest BCUT2D eigenvalue weighted by molar-refractivity contribution is 6.07. The smallest absolute Gasteiger partial charge is 0.258 e. The lowest BCUT2D eigenvalue weighted by atomic mass is 10.0. The molecule has 0 atom stereocenters. The van der Waals surface area contributed by atoms with E-state index in [9.17, 15) is 27.2 Å². The van der Waals surface area contributed by atoms with Crippen LogP contribution in [0.5, 0.6) is 5.75 Å². The van der Waals surface area contributed by atoms with Gasteiger partial charge in [0.25, 0.3) is 5.91 Å². The highest BCUT2D eigenvalue weighted by Gasteiger charge is 2.18. The Bertz CT molecular complexity index is 1180. The standard InChI is InChI=1S/C22H16F4N2O3/c1-11(29)27-20-9-18(25)19(26)10-21(20)28-22(30)15-5-3-12(7-16(15)23)14-6-4-13(31-2)8-17(14)24/h3-10H,1-2H3,(H,27,29)(H,28,30). The summed E-state index contributed by atoms with van der Waals surface area (Å²) in [5, 5.41) is 4.49. The molecule has 0 fully saturated rings. The second-order valence-corrected chi connectivity index (χ2v) is 6.49. The van der Waals surface area contributed by atoms with E-state index in [1.165, 1.54) is 25.3 Å². The first-order valence-electron chi connectivity index (χ1n) is 8.91. The Morgan fingerprint density at radius 2 is 1.42 bits per heavy atom. The van der Waals surface area contributed by atoms with Gasteiger partial charge < -0.3 is 15.4 Å².